The molecule has 0 spiro atoms. The molecule has 0 radical (unpaired) electrons. The highest BCUT2D eigenvalue weighted by atomic mass is 16.2. The lowest BCUT2D eigenvalue weighted by molar-refractivity contribution is 0.0531. The third kappa shape index (κ3) is 4.24. The summed E-state index contributed by atoms with van der Waals surface area (Å²) in [6.07, 6.45) is 1.06. The van der Waals surface area contributed by atoms with Gasteiger partial charge < -0.3 is 9.80 Å². The van der Waals surface area contributed by atoms with Crippen molar-refractivity contribution in [1.82, 2.24) is 20.0 Å². The third-order valence-electron chi connectivity index (χ3n) is 5.09. The van der Waals surface area contributed by atoms with Gasteiger partial charge in [-0.05, 0) is 36.1 Å². The maximum atomic E-state index is 12.7. The molecule has 1 N–H and O–H groups in total. The van der Waals surface area contributed by atoms with Gasteiger partial charge in [0.2, 0.25) is 0 Å². The Labute approximate surface area is 158 Å². The smallest absolute Gasteiger partial charge is 0.274 e. The summed E-state index contributed by atoms with van der Waals surface area (Å²) in [7, 11) is 0. The maximum Gasteiger partial charge on any atom is 0.274 e. The largest absolute Gasteiger partial charge is 0.335 e. The molecule has 0 bridgehead atoms. The van der Waals surface area contributed by atoms with Gasteiger partial charge in [0.15, 0.2) is 0 Å². The Morgan fingerprint density at radius 1 is 1.00 bits per heavy atom. The van der Waals surface area contributed by atoms with E-state index in [9.17, 15) is 14.4 Å². The van der Waals surface area contributed by atoms with Crippen LogP contribution >= 0.6 is 0 Å². The van der Waals surface area contributed by atoms with E-state index in [-0.39, 0.29) is 23.1 Å². The predicted octanol–water partition coefficient (Wildman–Crippen LogP) is 1.88. The van der Waals surface area contributed by atoms with Gasteiger partial charge in [-0.2, -0.15) is 5.10 Å². The van der Waals surface area contributed by atoms with Crippen LogP contribution < -0.4 is 5.56 Å². The van der Waals surface area contributed by atoms with Crippen LogP contribution in [-0.2, 0) is 0 Å². The van der Waals surface area contributed by atoms with E-state index >= 15 is 0 Å². The number of aromatic nitrogens is 2. The van der Waals surface area contributed by atoms with E-state index in [1.54, 1.807) is 9.80 Å². The zero-order valence-electron chi connectivity index (χ0n) is 15.6. The van der Waals surface area contributed by atoms with Crippen molar-refractivity contribution in [2.24, 2.45) is 0 Å². The second-order valence-corrected chi connectivity index (χ2v) is 6.82. The summed E-state index contributed by atoms with van der Waals surface area (Å²) in [5.74, 6) is 0.224. The predicted molar refractivity (Wildman–Crippen MR) is 102 cm³/mol. The van der Waals surface area contributed by atoms with E-state index in [4.69, 9.17) is 0 Å². The quantitative estimate of drug-likeness (QED) is 0.893. The van der Waals surface area contributed by atoms with Gasteiger partial charge in [0.05, 0.1) is 0 Å². The molecule has 0 aliphatic carbocycles. The molecule has 1 saturated heterocycles. The monoisotopic (exact) mass is 368 g/mol. The fourth-order valence-corrected chi connectivity index (χ4v) is 3.11. The molecule has 2 aromatic rings. The highest BCUT2D eigenvalue weighted by Crippen LogP contribution is 2.19. The van der Waals surface area contributed by atoms with Crippen LogP contribution in [0.4, 0.5) is 0 Å². The zero-order chi connectivity index (χ0) is 19.4. The van der Waals surface area contributed by atoms with E-state index in [2.05, 4.69) is 24.0 Å². The van der Waals surface area contributed by atoms with Gasteiger partial charge in [-0.1, -0.05) is 26.0 Å². The Balaban J connectivity index is 1.59. The molecule has 27 heavy (non-hydrogen) atoms. The average Bonchev–Trinajstić information content (AvgIpc) is 2.73. The molecule has 7 nitrogen and oxygen atoms in total. The molecular formula is C20H24N4O3. The van der Waals surface area contributed by atoms with Crippen LogP contribution in [0.1, 0.15) is 52.6 Å². The highest BCUT2D eigenvalue weighted by Gasteiger charge is 2.26. The van der Waals surface area contributed by atoms with Gasteiger partial charge in [0.1, 0.15) is 5.69 Å². The molecule has 0 saturated carbocycles. The molecule has 142 valence electrons. The van der Waals surface area contributed by atoms with E-state index < -0.39 is 0 Å². The van der Waals surface area contributed by atoms with E-state index in [0.717, 1.165) is 6.42 Å². The molecule has 2 amide bonds. The number of amides is 2. The summed E-state index contributed by atoms with van der Waals surface area (Å²) >= 11 is 0. The molecule has 1 aromatic heterocycles. The molecule has 2 heterocycles. The molecular weight excluding hydrogens is 344 g/mol. The number of aromatic amines is 1. The molecule has 7 heteroatoms. The van der Waals surface area contributed by atoms with Gasteiger partial charge in [-0.25, -0.2) is 5.10 Å². The molecule has 1 aliphatic rings. The van der Waals surface area contributed by atoms with E-state index in [1.165, 1.54) is 17.7 Å². The van der Waals surface area contributed by atoms with Crippen LogP contribution in [0.25, 0.3) is 0 Å². The summed E-state index contributed by atoms with van der Waals surface area (Å²) in [5, 5.41) is 6.04. The van der Waals surface area contributed by atoms with Crippen LogP contribution in [-0.4, -0.2) is 58.0 Å². The van der Waals surface area contributed by atoms with Crippen molar-refractivity contribution in [3.05, 3.63) is 63.6 Å². The second-order valence-electron chi connectivity index (χ2n) is 6.82. The van der Waals surface area contributed by atoms with Gasteiger partial charge in [-0.3, -0.25) is 14.4 Å². The van der Waals surface area contributed by atoms with Crippen LogP contribution in [0, 0.1) is 0 Å². The number of piperazine rings is 1. The Hall–Kier alpha value is -2.96. The molecule has 1 aromatic carbocycles. The molecule has 1 unspecified atom stereocenters. The maximum absolute atomic E-state index is 12.7. The van der Waals surface area contributed by atoms with Crippen molar-refractivity contribution < 1.29 is 9.59 Å². The van der Waals surface area contributed by atoms with Crippen LogP contribution in [0.5, 0.6) is 0 Å². The van der Waals surface area contributed by atoms with Crippen LogP contribution in [0.15, 0.2) is 41.2 Å². The van der Waals surface area contributed by atoms with E-state index in [0.29, 0.717) is 37.7 Å². The first-order valence-electron chi connectivity index (χ1n) is 9.24. The van der Waals surface area contributed by atoms with Crippen molar-refractivity contribution >= 4 is 11.8 Å². The highest BCUT2D eigenvalue weighted by molar-refractivity contribution is 5.95. The Kier molecular flexibility index (Phi) is 5.69. The molecule has 3 rings (SSSR count). The van der Waals surface area contributed by atoms with Crippen molar-refractivity contribution in [1.29, 1.82) is 0 Å². The van der Waals surface area contributed by atoms with Crippen molar-refractivity contribution in [2.75, 3.05) is 26.2 Å². The van der Waals surface area contributed by atoms with Gasteiger partial charge in [0, 0.05) is 37.8 Å². The Morgan fingerprint density at radius 2 is 1.59 bits per heavy atom. The van der Waals surface area contributed by atoms with E-state index in [1.807, 2.05) is 24.3 Å². The number of H-pyrrole nitrogens is 1. The lowest BCUT2D eigenvalue weighted by atomic mass is 9.97. The average molecular weight is 368 g/mol. The standard InChI is InChI=1S/C20H24N4O3/c1-3-14(2)15-4-6-16(7-5-15)19(26)23-10-12-24(13-11-23)20(27)17-8-9-18(25)22-21-17/h4-9,14H,3,10-13H2,1-2H3,(H,22,25). The summed E-state index contributed by atoms with van der Waals surface area (Å²) < 4.78 is 0. The minimum absolute atomic E-state index is 0.0139. The zero-order valence-corrected chi connectivity index (χ0v) is 15.6. The van der Waals surface area contributed by atoms with Crippen molar-refractivity contribution in [3.8, 4) is 0 Å². The Bertz CT molecular complexity index is 847. The number of hydrogen-bond acceptors (Lipinski definition) is 4. The summed E-state index contributed by atoms with van der Waals surface area (Å²) in [4.78, 5) is 39.6. The summed E-state index contributed by atoms with van der Waals surface area (Å²) in [5.41, 5.74) is 1.76. The number of nitrogens with zero attached hydrogens (tertiary/aromatic N) is 3. The first-order chi connectivity index (χ1) is 13.0. The molecule has 1 aliphatic heterocycles. The fraction of sp³-hybridized carbons (Fsp3) is 0.400. The van der Waals surface area contributed by atoms with Gasteiger partial charge in [0.25, 0.3) is 17.4 Å². The third-order valence-corrected chi connectivity index (χ3v) is 5.09. The van der Waals surface area contributed by atoms with Crippen molar-refractivity contribution in [3.63, 3.8) is 0 Å². The fourth-order valence-electron chi connectivity index (χ4n) is 3.11. The Morgan fingerprint density at radius 3 is 2.11 bits per heavy atom. The van der Waals surface area contributed by atoms with Gasteiger partial charge in [-0.15, -0.1) is 0 Å². The second kappa shape index (κ2) is 8.16. The molecule has 1 atom stereocenters. The number of nitrogens with one attached hydrogen (secondary N) is 1. The lowest BCUT2D eigenvalue weighted by Gasteiger charge is -2.34. The topological polar surface area (TPSA) is 86.4 Å². The minimum atomic E-state index is -0.346. The number of benzene rings is 1. The van der Waals surface area contributed by atoms with Gasteiger partial charge >= 0.3 is 0 Å². The number of carbonyl (C=O) groups excluding carboxylic acids is 2. The number of carbonyl (C=O) groups is 2. The summed E-state index contributed by atoms with van der Waals surface area (Å²) in [6.45, 7) is 6.14. The SMILES string of the molecule is CCC(C)c1ccc(C(=O)N2CCN(C(=O)c3ccc(=O)[nH]n3)CC2)cc1. The summed E-state index contributed by atoms with van der Waals surface area (Å²) in [6, 6.07) is 10.5. The minimum Gasteiger partial charge on any atom is -0.335 e. The lowest BCUT2D eigenvalue weighted by Crippen LogP contribution is -2.50. The first kappa shape index (κ1) is 18.8. The normalized spacial score (nSPS) is 15.5. The van der Waals surface area contributed by atoms with Crippen LogP contribution in [0.2, 0.25) is 0 Å². The number of hydrogen-bond donors (Lipinski definition) is 1. The first-order valence-corrected chi connectivity index (χ1v) is 9.24. The molecule has 1 fully saturated rings. The van der Waals surface area contributed by atoms with Crippen LogP contribution in [0.3, 0.4) is 0 Å². The number of rotatable bonds is 4. The van der Waals surface area contributed by atoms with Crippen molar-refractivity contribution in [2.45, 2.75) is 26.2 Å².